The minimum absolute atomic E-state index is 0.0255. The summed E-state index contributed by atoms with van der Waals surface area (Å²) in [5.41, 5.74) is 0.758. The lowest BCUT2D eigenvalue weighted by molar-refractivity contribution is 0.196. The van der Waals surface area contributed by atoms with Crippen LogP contribution >= 0.6 is 0 Å². The molecule has 0 unspecified atom stereocenters. The van der Waals surface area contributed by atoms with Crippen LogP contribution in [0.25, 0.3) is 0 Å². The van der Waals surface area contributed by atoms with Gasteiger partial charge in [-0.1, -0.05) is 0 Å². The molecule has 2 aromatic rings. The van der Waals surface area contributed by atoms with E-state index in [0.29, 0.717) is 45.1 Å². The second-order valence-electron chi connectivity index (χ2n) is 5.93. The van der Waals surface area contributed by atoms with E-state index >= 15 is 0 Å². The lowest BCUT2D eigenvalue weighted by Crippen LogP contribution is -2.54. The second kappa shape index (κ2) is 6.54. The number of ether oxygens (including phenoxy) is 1. The highest BCUT2D eigenvalue weighted by Crippen LogP contribution is 2.31. The van der Waals surface area contributed by atoms with Crippen molar-refractivity contribution in [1.82, 2.24) is 14.9 Å². The third-order valence-electron chi connectivity index (χ3n) is 4.44. The van der Waals surface area contributed by atoms with Crippen LogP contribution in [0.15, 0.2) is 36.8 Å². The highest BCUT2D eigenvalue weighted by molar-refractivity contribution is 5.94. The Kier molecular flexibility index (Phi) is 4.09. The summed E-state index contributed by atoms with van der Waals surface area (Å²) >= 11 is 0. The summed E-state index contributed by atoms with van der Waals surface area (Å²) in [5.74, 6) is 1.02. The Morgan fingerprint density at radius 1 is 1.08 bits per heavy atom. The van der Waals surface area contributed by atoms with Gasteiger partial charge in [-0.2, -0.15) is 0 Å². The van der Waals surface area contributed by atoms with Crippen molar-refractivity contribution < 1.29 is 13.9 Å². The number of rotatable bonds is 1. The van der Waals surface area contributed by atoms with Crippen molar-refractivity contribution >= 4 is 17.5 Å². The summed E-state index contributed by atoms with van der Waals surface area (Å²) in [7, 11) is 0. The largest absolute Gasteiger partial charge is 0.488 e. The molecule has 0 spiro atoms. The molecular formula is C17H18FN5O2. The quantitative estimate of drug-likeness (QED) is 0.790. The Morgan fingerprint density at radius 2 is 1.92 bits per heavy atom. The maximum absolute atomic E-state index is 13.0. The van der Waals surface area contributed by atoms with E-state index in [9.17, 15) is 9.18 Å². The van der Waals surface area contributed by atoms with Crippen LogP contribution in [-0.2, 0) is 0 Å². The third-order valence-corrected chi connectivity index (χ3v) is 4.44. The third kappa shape index (κ3) is 3.07. The molecule has 1 saturated heterocycles. The molecule has 2 aliphatic rings. The number of fused-ring (bicyclic) bond motifs is 1. The summed E-state index contributed by atoms with van der Waals surface area (Å²) < 4.78 is 18.5. The number of hydrogen-bond donors (Lipinski definition) is 0. The van der Waals surface area contributed by atoms with Crippen molar-refractivity contribution in [1.29, 1.82) is 0 Å². The van der Waals surface area contributed by atoms with Crippen molar-refractivity contribution in [2.24, 2.45) is 0 Å². The molecule has 0 aliphatic carbocycles. The Labute approximate surface area is 144 Å². The zero-order valence-corrected chi connectivity index (χ0v) is 13.6. The standard InChI is InChI=1S/C17H18FN5O2/c18-13-1-2-16(20-11-13)21-5-7-22(8-6-21)17(24)23-9-10-25-15-12-19-4-3-14(15)23/h1-4,11-12H,5-10H2. The molecule has 8 heteroatoms. The number of piperazine rings is 1. The highest BCUT2D eigenvalue weighted by atomic mass is 19.1. The molecule has 0 aromatic carbocycles. The Hall–Kier alpha value is -2.90. The van der Waals surface area contributed by atoms with Crippen LogP contribution in [0.1, 0.15) is 0 Å². The molecule has 0 atom stereocenters. The minimum Gasteiger partial charge on any atom is -0.488 e. The van der Waals surface area contributed by atoms with Crippen LogP contribution in [0.2, 0.25) is 0 Å². The minimum atomic E-state index is -0.349. The molecule has 1 fully saturated rings. The average molecular weight is 343 g/mol. The molecule has 0 bridgehead atoms. The number of carbonyl (C=O) groups is 1. The van der Waals surface area contributed by atoms with E-state index in [1.807, 2.05) is 4.90 Å². The van der Waals surface area contributed by atoms with Gasteiger partial charge in [-0.05, 0) is 18.2 Å². The number of amides is 2. The number of carbonyl (C=O) groups excluding carboxylic acids is 1. The van der Waals surface area contributed by atoms with Crippen molar-refractivity contribution in [3.8, 4) is 5.75 Å². The summed E-state index contributed by atoms with van der Waals surface area (Å²) in [4.78, 5) is 26.7. The number of nitrogens with zero attached hydrogens (tertiary/aromatic N) is 5. The van der Waals surface area contributed by atoms with E-state index in [2.05, 4.69) is 14.9 Å². The number of halogens is 1. The van der Waals surface area contributed by atoms with E-state index < -0.39 is 0 Å². The fourth-order valence-corrected chi connectivity index (χ4v) is 3.13. The van der Waals surface area contributed by atoms with Crippen molar-refractivity contribution in [2.45, 2.75) is 0 Å². The van der Waals surface area contributed by atoms with Gasteiger partial charge in [-0.15, -0.1) is 0 Å². The normalized spacial score (nSPS) is 17.1. The molecule has 0 radical (unpaired) electrons. The van der Waals surface area contributed by atoms with Gasteiger partial charge in [-0.25, -0.2) is 14.2 Å². The predicted octanol–water partition coefficient (Wildman–Crippen LogP) is 1.76. The number of hydrogen-bond acceptors (Lipinski definition) is 5. The molecule has 2 amide bonds. The SMILES string of the molecule is O=C(N1CCN(c2ccc(F)cn2)CC1)N1CCOc2cnccc21. The molecule has 25 heavy (non-hydrogen) atoms. The van der Waals surface area contributed by atoms with Gasteiger partial charge < -0.3 is 14.5 Å². The first-order chi connectivity index (χ1) is 12.2. The van der Waals surface area contributed by atoms with Gasteiger partial charge in [0.1, 0.15) is 18.2 Å². The molecule has 2 aliphatic heterocycles. The molecule has 130 valence electrons. The highest BCUT2D eigenvalue weighted by Gasteiger charge is 2.30. The zero-order chi connectivity index (χ0) is 17.2. The van der Waals surface area contributed by atoms with Crippen molar-refractivity contribution in [3.05, 3.63) is 42.6 Å². The number of aromatic nitrogens is 2. The lowest BCUT2D eigenvalue weighted by atomic mass is 10.2. The number of urea groups is 1. The van der Waals surface area contributed by atoms with Gasteiger partial charge in [0.25, 0.3) is 0 Å². The summed E-state index contributed by atoms with van der Waals surface area (Å²) in [6.45, 7) is 3.50. The fraction of sp³-hybridized carbons (Fsp3) is 0.353. The number of pyridine rings is 2. The smallest absolute Gasteiger partial charge is 0.324 e. The van der Waals surface area contributed by atoms with Crippen LogP contribution in [0.3, 0.4) is 0 Å². The van der Waals surface area contributed by atoms with E-state index in [-0.39, 0.29) is 11.8 Å². The van der Waals surface area contributed by atoms with Crippen LogP contribution in [0.4, 0.5) is 20.7 Å². The van der Waals surface area contributed by atoms with Crippen LogP contribution in [-0.4, -0.2) is 60.2 Å². The Balaban J connectivity index is 1.43. The molecule has 2 aromatic heterocycles. The van der Waals surface area contributed by atoms with Gasteiger partial charge in [-0.3, -0.25) is 9.88 Å². The molecule has 4 rings (SSSR count). The first-order valence-corrected chi connectivity index (χ1v) is 8.22. The van der Waals surface area contributed by atoms with E-state index in [1.54, 1.807) is 29.4 Å². The second-order valence-corrected chi connectivity index (χ2v) is 5.93. The van der Waals surface area contributed by atoms with Gasteiger partial charge in [0, 0.05) is 32.4 Å². The van der Waals surface area contributed by atoms with E-state index in [0.717, 1.165) is 11.5 Å². The average Bonchev–Trinajstić information content (AvgIpc) is 2.68. The lowest BCUT2D eigenvalue weighted by Gasteiger charge is -2.39. The van der Waals surface area contributed by atoms with Gasteiger partial charge in [0.05, 0.1) is 24.6 Å². The van der Waals surface area contributed by atoms with Gasteiger partial charge >= 0.3 is 6.03 Å². The zero-order valence-electron chi connectivity index (χ0n) is 13.6. The van der Waals surface area contributed by atoms with Crippen LogP contribution in [0.5, 0.6) is 5.75 Å². The Bertz CT molecular complexity index is 762. The van der Waals surface area contributed by atoms with Crippen molar-refractivity contribution in [3.63, 3.8) is 0 Å². The molecular weight excluding hydrogens is 325 g/mol. The maximum Gasteiger partial charge on any atom is 0.324 e. The summed E-state index contributed by atoms with van der Waals surface area (Å²) in [6.07, 6.45) is 4.50. The summed E-state index contributed by atoms with van der Waals surface area (Å²) in [5, 5.41) is 0. The topological polar surface area (TPSA) is 61.8 Å². The molecule has 0 saturated carbocycles. The first kappa shape index (κ1) is 15.6. The fourth-order valence-electron chi connectivity index (χ4n) is 3.13. The molecule has 7 nitrogen and oxygen atoms in total. The van der Waals surface area contributed by atoms with Gasteiger partial charge in [0.15, 0.2) is 5.75 Å². The predicted molar refractivity (Wildman–Crippen MR) is 90.5 cm³/mol. The number of anilines is 2. The van der Waals surface area contributed by atoms with Crippen molar-refractivity contribution in [2.75, 3.05) is 49.1 Å². The molecule has 0 N–H and O–H groups in total. The first-order valence-electron chi connectivity index (χ1n) is 8.22. The Morgan fingerprint density at radius 3 is 2.68 bits per heavy atom. The van der Waals surface area contributed by atoms with Crippen LogP contribution < -0.4 is 14.5 Å². The maximum atomic E-state index is 13.0. The van der Waals surface area contributed by atoms with E-state index in [1.165, 1.54) is 12.3 Å². The monoisotopic (exact) mass is 343 g/mol. The molecule has 4 heterocycles. The van der Waals surface area contributed by atoms with Crippen LogP contribution in [0, 0.1) is 5.82 Å². The van der Waals surface area contributed by atoms with E-state index in [4.69, 9.17) is 4.74 Å². The summed E-state index contributed by atoms with van der Waals surface area (Å²) in [6, 6.07) is 4.84. The van der Waals surface area contributed by atoms with Gasteiger partial charge in [0.2, 0.25) is 0 Å².